The minimum absolute atomic E-state index is 0.182. The molecule has 0 spiro atoms. The van der Waals surface area contributed by atoms with E-state index in [1.807, 2.05) is 6.92 Å². The van der Waals surface area contributed by atoms with Crippen LogP contribution in [0, 0.1) is 5.92 Å². The molecule has 136 valence electrons. The van der Waals surface area contributed by atoms with Crippen LogP contribution in [0.1, 0.15) is 50.9 Å². The molecule has 0 saturated carbocycles. The predicted molar refractivity (Wildman–Crippen MR) is 96.4 cm³/mol. The first-order valence-electron chi connectivity index (χ1n) is 8.27. The van der Waals surface area contributed by atoms with Crippen LogP contribution in [0.25, 0.3) is 0 Å². The van der Waals surface area contributed by atoms with Gasteiger partial charge < -0.3 is 10.1 Å². The SMILES string of the molecule is CCC[C@H](C(=O)OCC)C(C)=NNC(=O)c1ccc(NC(C)=O)cc1. The largest absolute Gasteiger partial charge is 0.465 e. The Hall–Kier alpha value is -2.70. The number of rotatable bonds is 8. The van der Waals surface area contributed by atoms with Crippen molar-refractivity contribution in [3.05, 3.63) is 29.8 Å². The summed E-state index contributed by atoms with van der Waals surface area (Å²) in [7, 11) is 0. The van der Waals surface area contributed by atoms with E-state index >= 15 is 0 Å². The summed E-state index contributed by atoms with van der Waals surface area (Å²) >= 11 is 0. The van der Waals surface area contributed by atoms with Crippen LogP contribution < -0.4 is 10.7 Å². The number of carbonyl (C=O) groups is 3. The molecule has 0 aliphatic heterocycles. The van der Waals surface area contributed by atoms with Crippen LogP contribution in [-0.2, 0) is 14.3 Å². The number of nitrogens with zero attached hydrogens (tertiary/aromatic N) is 1. The molecule has 1 aromatic rings. The van der Waals surface area contributed by atoms with Gasteiger partial charge in [0, 0.05) is 23.9 Å². The van der Waals surface area contributed by atoms with Crippen molar-refractivity contribution in [3.8, 4) is 0 Å². The molecule has 0 unspecified atom stereocenters. The van der Waals surface area contributed by atoms with Crippen LogP contribution in [0.15, 0.2) is 29.4 Å². The third-order valence-corrected chi connectivity index (χ3v) is 3.45. The van der Waals surface area contributed by atoms with Crippen LogP contribution in [0.2, 0.25) is 0 Å². The van der Waals surface area contributed by atoms with Crippen LogP contribution in [-0.4, -0.2) is 30.1 Å². The summed E-state index contributed by atoms with van der Waals surface area (Å²) in [6.45, 7) is 7.12. The zero-order valence-corrected chi connectivity index (χ0v) is 15.1. The number of carbonyl (C=O) groups excluding carboxylic acids is 3. The first kappa shape index (κ1) is 20.3. The molecule has 0 heterocycles. The number of hydrogen-bond donors (Lipinski definition) is 2. The fourth-order valence-electron chi connectivity index (χ4n) is 2.22. The average molecular weight is 347 g/mol. The summed E-state index contributed by atoms with van der Waals surface area (Å²) in [5.41, 5.74) is 3.95. The lowest BCUT2D eigenvalue weighted by molar-refractivity contribution is -0.145. The molecule has 0 aromatic heterocycles. The van der Waals surface area contributed by atoms with E-state index in [1.165, 1.54) is 6.92 Å². The summed E-state index contributed by atoms with van der Waals surface area (Å²) in [6, 6.07) is 6.43. The molecule has 7 heteroatoms. The lowest BCUT2D eigenvalue weighted by atomic mass is 9.99. The normalized spacial score (nSPS) is 12.2. The molecule has 7 nitrogen and oxygen atoms in total. The number of ether oxygens (including phenoxy) is 1. The summed E-state index contributed by atoms with van der Waals surface area (Å²) in [5.74, 6) is -1.38. The monoisotopic (exact) mass is 347 g/mol. The van der Waals surface area contributed by atoms with Gasteiger partial charge in [-0.2, -0.15) is 5.10 Å². The maximum atomic E-state index is 12.1. The molecule has 0 fully saturated rings. The second kappa shape index (κ2) is 10.2. The summed E-state index contributed by atoms with van der Waals surface area (Å²) < 4.78 is 5.05. The fraction of sp³-hybridized carbons (Fsp3) is 0.444. The van der Waals surface area contributed by atoms with Crippen LogP contribution in [0.4, 0.5) is 5.69 Å². The molecule has 0 saturated heterocycles. The van der Waals surface area contributed by atoms with E-state index in [0.717, 1.165) is 6.42 Å². The topological polar surface area (TPSA) is 96.9 Å². The second-order valence-corrected chi connectivity index (χ2v) is 5.55. The lowest BCUT2D eigenvalue weighted by Gasteiger charge is -2.14. The Labute approximate surface area is 147 Å². The minimum Gasteiger partial charge on any atom is -0.465 e. The summed E-state index contributed by atoms with van der Waals surface area (Å²) in [4.78, 5) is 35.1. The van der Waals surface area contributed by atoms with E-state index in [4.69, 9.17) is 4.74 Å². The van der Waals surface area contributed by atoms with Crippen molar-refractivity contribution in [3.63, 3.8) is 0 Å². The Bertz CT molecular complexity index is 638. The highest BCUT2D eigenvalue weighted by molar-refractivity contribution is 6.02. The molecule has 2 N–H and O–H groups in total. The zero-order valence-electron chi connectivity index (χ0n) is 15.1. The quantitative estimate of drug-likeness (QED) is 0.429. The van der Waals surface area contributed by atoms with Gasteiger partial charge in [0.15, 0.2) is 0 Å². The van der Waals surface area contributed by atoms with E-state index < -0.39 is 11.8 Å². The van der Waals surface area contributed by atoms with Crippen molar-refractivity contribution < 1.29 is 19.1 Å². The molecular formula is C18H25N3O4. The average Bonchev–Trinajstić information content (AvgIpc) is 2.57. The molecule has 0 aliphatic rings. The van der Waals surface area contributed by atoms with Crippen LogP contribution >= 0.6 is 0 Å². The lowest BCUT2D eigenvalue weighted by Crippen LogP contribution is -2.27. The molecule has 1 aromatic carbocycles. The zero-order chi connectivity index (χ0) is 18.8. The third kappa shape index (κ3) is 6.74. The van der Waals surface area contributed by atoms with Crippen molar-refractivity contribution in [1.82, 2.24) is 5.43 Å². The Morgan fingerprint density at radius 2 is 1.76 bits per heavy atom. The smallest absolute Gasteiger partial charge is 0.314 e. The number of esters is 1. The van der Waals surface area contributed by atoms with Gasteiger partial charge in [-0.1, -0.05) is 13.3 Å². The van der Waals surface area contributed by atoms with Gasteiger partial charge in [0.2, 0.25) is 5.91 Å². The number of amides is 2. The Balaban J connectivity index is 2.75. The summed E-state index contributed by atoms with van der Waals surface area (Å²) in [6.07, 6.45) is 1.41. The minimum atomic E-state index is -0.465. The Morgan fingerprint density at radius 3 is 2.28 bits per heavy atom. The molecule has 2 amide bonds. The highest BCUT2D eigenvalue weighted by Gasteiger charge is 2.22. The summed E-state index contributed by atoms with van der Waals surface area (Å²) in [5, 5.41) is 6.67. The fourth-order valence-corrected chi connectivity index (χ4v) is 2.22. The van der Waals surface area contributed by atoms with Crippen molar-refractivity contribution in [2.24, 2.45) is 11.0 Å². The van der Waals surface area contributed by atoms with Gasteiger partial charge in [0.1, 0.15) is 0 Å². The number of benzene rings is 1. The van der Waals surface area contributed by atoms with E-state index in [0.29, 0.717) is 30.0 Å². The van der Waals surface area contributed by atoms with Gasteiger partial charge in [-0.25, -0.2) is 5.43 Å². The highest BCUT2D eigenvalue weighted by Crippen LogP contribution is 2.12. The highest BCUT2D eigenvalue weighted by atomic mass is 16.5. The Morgan fingerprint density at radius 1 is 1.12 bits per heavy atom. The number of hydrogen-bond acceptors (Lipinski definition) is 5. The van der Waals surface area contributed by atoms with Gasteiger partial charge in [-0.3, -0.25) is 14.4 Å². The maximum Gasteiger partial charge on any atom is 0.314 e. The molecule has 0 aliphatic carbocycles. The standard InChI is InChI=1S/C18H25N3O4/c1-5-7-16(18(24)25-6-2)12(3)20-21-17(23)14-8-10-15(11-9-14)19-13(4)22/h8-11,16H,5-7H2,1-4H3,(H,19,22)(H,21,23)/t16-/m0/s1. The van der Waals surface area contributed by atoms with Crippen LogP contribution in [0.5, 0.6) is 0 Å². The molecule has 1 rings (SSSR count). The molecule has 1 atom stereocenters. The van der Waals surface area contributed by atoms with Crippen molar-refractivity contribution in [2.75, 3.05) is 11.9 Å². The van der Waals surface area contributed by atoms with Crippen LogP contribution in [0.3, 0.4) is 0 Å². The van der Waals surface area contributed by atoms with Gasteiger partial charge >= 0.3 is 5.97 Å². The maximum absolute atomic E-state index is 12.1. The van der Waals surface area contributed by atoms with Crippen molar-refractivity contribution in [1.29, 1.82) is 0 Å². The van der Waals surface area contributed by atoms with Gasteiger partial charge in [0.05, 0.1) is 12.5 Å². The second-order valence-electron chi connectivity index (χ2n) is 5.55. The predicted octanol–water partition coefficient (Wildman–Crippen LogP) is 2.73. The number of hydrazone groups is 1. The van der Waals surface area contributed by atoms with Gasteiger partial charge in [0.25, 0.3) is 5.91 Å². The molecular weight excluding hydrogens is 322 g/mol. The van der Waals surface area contributed by atoms with E-state index in [2.05, 4.69) is 15.8 Å². The number of nitrogens with one attached hydrogen (secondary N) is 2. The van der Waals surface area contributed by atoms with Crippen molar-refractivity contribution >= 4 is 29.2 Å². The first-order chi connectivity index (χ1) is 11.9. The Kier molecular flexibility index (Phi) is 8.32. The van der Waals surface area contributed by atoms with Gasteiger partial charge in [-0.05, 0) is 44.5 Å². The van der Waals surface area contributed by atoms with Gasteiger partial charge in [-0.15, -0.1) is 0 Å². The number of anilines is 1. The van der Waals surface area contributed by atoms with Crippen molar-refractivity contribution in [2.45, 2.75) is 40.5 Å². The van der Waals surface area contributed by atoms with E-state index in [1.54, 1.807) is 38.1 Å². The molecule has 0 bridgehead atoms. The van der Waals surface area contributed by atoms with E-state index in [9.17, 15) is 14.4 Å². The first-order valence-corrected chi connectivity index (χ1v) is 8.27. The third-order valence-electron chi connectivity index (χ3n) is 3.45. The molecule has 25 heavy (non-hydrogen) atoms. The van der Waals surface area contributed by atoms with E-state index in [-0.39, 0.29) is 11.9 Å². The molecule has 0 radical (unpaired) electrons.